The summed E-state index contributed by atoms with van der Waals surface area (Å²) < 4.78 is 26.4. The molecule has 0 bridgehead atoms. The predicted octanol–water partition coefficient (Wildman–Crippen LogP) is 0.588. The molecule has 0 heterocycles. The zero-order chi connectivity index (χ0) is 14.5. The lowest BCUT2D eigenvalue weighted by Gasteiger charge is -2.21. The smallest absolute Gasteiger partial charge is 0.243 e. The predicted molar refractivity (Wildman–Crippen MR) is 77.6 cm³/mol. The quantitative estimate of drug-likeness (QED) is 0.796. The molecular weight excluding hydrogens is 262 g/mol. The molecule has 0 saturated heterocycles. The van der Waals surface area contributed by atoms with Gasteiger partial charge in [-0.15, -0.1) is 0 Å². The normalized spacial score (nSPS) is 12.3. The molecule has 0 aromatic heterocycles. The molecule has 0 aliphatic carbocycles. The molecule has 0 fully saturated rings. The van der Waals surface area contributed by atoms with Gasteiger partial charge in [-0.1, -0.05) is 18.2 Å². The van der Waals surface area contributed by atoms with Gasteiger partial charge in [0.1, 0.15) is 0 Å². The summed E-state index contributed by atoms with van der Waals surface area (Å²) in [6.07, 6.45) is 0. The van der Waals surface area contributed by atoms with E-state index in [4.69, 9.17) is 0 Å². The van der Waals surface area contributed by atoms with Crippen LogP contribution in [0.15, 0.2) is 29.2 Å². The summed E-state index contributed by atoms with van der Waals surface area (Å²) in [6.45, 7) is 1.71. The topological polar surface area (TPSA) is 52.7 Å². The average molecular weight is 285 g/mol. The Bertz CT molecular complexity index is 500. The number of hydrogen-bond donors (Lipinski definition) is 1. The van der Waals surface area contributed by atoms with Crippen LogP contribution in [-0.4, -0.2) is 58.9 Å². The van der Waals surface area contributed by atoms with Crippen molar-refractivity contribution in [2.45, 2.75) is 11.4 Å². The fraction of sp³-hybridized carbons (Fsp3) is 0.538. The Kier molecular flexibility index (Phi) is 5.93. The maximum atomic E-state index is 12.5. The molecule has 1 rings (SSSR count). The summed E-state index contributed by atoms with van der Waals surface area (Å²) >= 11 is 0. The fourth-order valence-electron chi connectivity index (χ4n) is 1.72. The standard InChI is InChI=1S/C13H23N3O2S/c1-14-11-12-7-5-6-8-13(12)19(17,18)16(4)10-9-15(2)3/h5-8,14H,9-11H2,1-4H3. The lowest BCUT2D eigenvalue weighted by molar-refractivity contribution is 0.358. The third kappa shape index (κ3) is 4.28. The molecular formula is C13H23N3O2S. The summed E-state index contributed by atoms with van der Waals surface area (Å²) in [5, 5.41) is 2.99. The van der Waals surface area contributed by atoms with Gasteiger partial charge in [0, 0.05) is 26.7 Å². The van der Waals surface area contributed by atoms with Crippen LogP contribution in [-0.2, 0) is 16.6 Å². The van der Waals surface area contributed by atoms with E-state index in [2.05, 4.69) is 5.32 Å². The third-order valence-corrected chi connectivity index (χ3v) is 4.85. The molecule has 0 spiro atoms. The van der Waals surface area contributed by atoms with Crippen LogP contribution in [0.1, 0.15) is 5.56 Å². The van der Waals surface area contributed by atoms with Crippen LogP contribution in [0, 0.1) is 0 Å². The zero-order valence-corrected chi connectivity index (χ0v) is 12.9. The van der Waals surface area contributed by atoms with Crippen LogP contribution in [0.25, 0.3) is 0 Å². The summed E-state index contributed by atoms with van der Waals surface area (Å²) in [4.78, 5) is 2.34. The Morgan fingerprint density at radius 1 is 1.11 bits per heavy atom. The molecule has 108 valence electrons. The van der Waals surface area contributed by atoms with Crippen LogP contribution < -0.4 is 5.32 Å². The van der Waals surface area contributed by atoms with Crippen LogP contribution in [0.4, 0.5) is 0 Å². The van der Waals surface area contributed by atoms with Gasteiger partial charge in [-0.2, -0.15) is 4.31 Å². The van der Waals surface area contributed by atoms with E-state index in [-0.39, 0.29) is 0 Å². The van der Waals surface area contributed by atoms with Crippen LogP contribution >= 0.6 is 0 Å². The molecule has 6 heteroatoms. The third-order valence-electron chi connectivity index (χ3n) is 2.89. The van der Waals surface area contributed by atoms with Gasteiger partial charge in [0.15, 0.2) is 0 Å². The van der Waals surface area contributed by atoms with Gasteiger partial charge in [-0.05, 0) is 32.8 Å². The Labute approximate surface area is 116 Å². The Hall–Kier alpha value is -0.950. The Balaban J connectivity index is 2.99. The second-order valence-electron chi connectivity index (χ2n) is 4.77. The number of benzene rings is 1. The minimum absolute atomic E-state index is 0.380. The Morgan fingerprint density at radius 2 is 1.74 bits per heavy atom. The van der Waals surface area contributed by atoms with Crippen molar-refractivity contribution in [3.05, 3.63) is 29.8 Å². The highest BCUT2D eigenvalue weighted by molar-refractivity contribution is 7.89. The van der Waals surface area contributed by atoms with Gasteiger partial charge < -0.3 is 10.2 Å². The van der Waals surface area contributed by atoms with E-state index in [1.54, 1.807) is 26.2 Å². The second-order valence-corrected chi connectivity index (χ2v) is 6.78. The molecule has 0 radical (unpaired) electrons. The lowest BCUT2D eigenvalue weighted by atomic mass is 10.2. The Morgan fingerprint density at radius 3 is 2.32 bits per heavy atom. The fourth-order valence-corrected chi connectivity index (χ4v) is 3.10. The van der Waals surface area contributed by atoms with Crippen molar-refractivity contribution in [3.63, 3.8) is 0 Å². The molecule has 1 N–H and O–H groups in total. The van der Waals surface area contributed by atoms with Gasteiger partial charge in [0.2, 0.25) is 10.0 Å². The minimum Gasteiger partial charge on any atom is -0.316 e. The first kappa shape index (κ1) is 16.1. The molecule has 5 nitrogen and oxygen atoms in total. The van der Waals surface area contributed by atoms with E-state index in [9.17, 15) is 8.42 Å². The van der Waals surface area contributed by atoms with Crippen molar-refractivity contribution in [1.29, 1.82) is 0 Å². The first-order valence-corrected chi connectivity index (χ1v) is 7.67. The summed E-state index contributed by atoms with van der Waals surface area (Å²) in [5.74, 6) is 0. The van der Waals surface area contributed by atoms with Gasteiger partial charge in [0.25, 0.3) is 0 Å². The molecule has 0 amide bonds. The molecule has 0 unspecified atom stereocenters. The maximum absolute atomic E-state index is 12.5. The second kappa shape index (κ2) is 7.00. The van der Waals surface area contributed by atoms with E-state index >= 15 is 0 Å². The molecule has 0 aliphatic heterocycles. The maximum Gasteiger partial charge on any atom is 0.243 e. The first-order chi connectivity index (χ1) is 8.89. The minimum atomic E-state index is -3.42. The monoisotopic (exact) mass is 285 g/mol. The average Bonchev–Trinajstić information content (AvgIpc) is 2.36. The molecule has 1 aromatic rings. The highest BCUT2D eigenvalue weighted by Crippen LogP contribution is 2.19. The summed E-state index contributed by atoms with van der Waals surface area (Å²) in [5.41, 5.74) is 0.793. The van der Waals surface area contributed by atoms with E-state index in [0.717, 1.165) is 5.56 Å². The molecule has 0 atom stereocenters. The number of likely N-dealkylation sites (N-methyl/N-ethyl adjacent to an activating group) is 2. The van der Waals surface area contributed by atoms with Crippen molar-refractivity contribution < 1.29 is 8.42 Å². The van der Waals surface area contributed by atoms with Crippen LogP contribution in [0.5, 0.6) is 0 Å². The number of nitrogens with zero attached hydrogens (tertiary/aromatic N) is 2. The van der Waals surface area contributed by atoms with E-state index in [0.29, 0.717) is 24.5 Å². The van der Waals surface area contributed by atoms with Crippen LogP contribution in [0.2, 0.25) is 0 Å². The van der Waals surface area contributed by atoms with Crippen molar-refractivity contribution in [3.8, 4) is 0 Å². The number of nitrogens with one attached hydrogen (secondary N) is 1. The van der Waals surface area contributed by atoms with E-state index in [1.807, 2.05) is 31.1 Å². The molecule has 0 aliphatic rings. The van der Waals surface area contributed by atoms with Gasteiger partial charge in [-0.25, -0.2) is 8.42 Å². The largest absolute Gasteiger partial charge is 0.316 e. The number of sulfonamides is 1. The molecule has 19 heavy (non-hydrogen) atoms. The van der Waals surface area contributed by atoms with Gasteiger partial charge >= 0.3 is 0 Å². The van der Waals surface area contributed by atoms with Gasteiger partial charge in [-0.3, -0.25) is 0 Å². The van der Waals surface area contributed by atoms with Gasteiger partial charge in [0.05, 0.1) is 4.90 Å². The summed E-state index contributed by atoms with van der Waals surface area (Å²) in [7, 11) is 3.86. The van der Waals surface area contributed by atoms with Crippen molar-refractivity contribution >= 4 is 10.0 Å². The number of rotatable bonds is 7. The van der Waals surface area contributed by atoms with Crippen molar-refractivity contribution in [2.24, 2.45) is 0 Å². The van der Waals surface area contributed by atoms with Crippen LogP contribution in [0.3, 0.4) is 0 Å². The van der Waals surface area contributed by atoms with E-state index in [1.165, 1.54) is 4.31 Å². The molecule has 0 saturated carbocycles. The highest BCUT2D eigenvalue weighted by atomic mass is 32.2. The summed E-state index contributed by atoms with van der Waals surface area (Å²) in [6, 6.07) is 7.11. The first-order valence-electron chi connectivity index (χ1n) is 6.23. The van der Waals surface area contributed by atoms with Crippen molar-refractivity contribution in [2.75, 3.05) is 41.3 Å². The highest BCUT2D eigenvalue weighted by Gasteiger charge is 2.23. The van der Waals surface area contributed by atoms with E-state index < -0.39 is 10.0 Å². The SMILES string of the molecule is CNCc1ccccc1S(=O)(=O)N(C)CCN(C)C. The zero-order valence-electron chi connectivity index (χ0n) is 12.0. The lowest BCUT2D eigenvalue weighted by Crippen LogP contribution is -2.34. The molecule has 1 aromatic carbocycles. The van der Waals surface area contributed by atoms with Crippen molar-refractivity contribution in [1.82, 2.24) is 14.5 Å². The number of hydrogen-bond acceptors (Lipinski definition) is 4.